The third kappa shape index (κ3) is 4.34. The van der Waals surface area contributed by atoms with Crippen LogP contribution in [0, 0.1) is 15.9 Å². The molecule has 3 aromatic carbocycles. The summed E-state index contributed by atoms with van der Waals surface area (Å²) in [6.45, 7) is -0.541. The zero-order valence-corrected chi connectivity index (χ0v) is 23.4. The summed E-state index contributed by atoms with van der Waals surface area (Å²) in [4.78, 5) is 51.5. The molecule has 0 saturated heterocycles. The maximum Gasteiger partial charge on any atom is 0.282 e. The van der Waals surface area contributed by atoms with Gasteiger partial charge in [0.1, 0.15) is 11.4 Å². The van der Waals surface area contributed by atoms with E-state index in [4.69, 9.17) is 0 Å². The molecule has 0 N–H and O–H groups in total. The topological polar surface area (TPSA) is 101 Å². The molecule has 4 rings (SSSR count). The van der Waals surface area contributed by atoms with Crippen LogP contribution >= 0.6 is 63.7 Å². The predicted molar refractivity (Wildman–Crippen MR) is 137 cm³/mol. The molecule has 3 aromatic rings. The Morgan fingerprint density at radius 2 is 1.40 bits per heavy atom. The zero-order valence-electron chi connectivity index (χ0n) is 17.1. The van der Waals surface area contributed by atoms with Crippen LogP contribution in [0.3, 0.4) is 0 Å². The van der Waals surface area contributed by atoms with Gasteiger partial charge in [-0.05, 0) is 75.9 Å². The number of para-hydroxylation sites is 1. The second-order valence-electron chi connectivity index (χ2n) is 7.16. The van der Waals surface area contributed by atoms with Gasteiger partial charge >= 0.3 is 0 Å². The van der Waals surface area contributed by atoms with Gasteiger partial charge in [-0.15, -0.1) is 0 Å². The predicted octanol–water partition coefficient (Wildman–Crippen LogP) is 6.64. The first-order valence-electron chi connectivity index (χ1n) is 9.59. The highest BCUT2D eigenvalue weighted by Crippen LogP contribution is 2.45. The number of benzene rings is 3. The van der Waals surface area contributed by atoms with Crippen LogP contribution in [0.1, 0.15) is 36.6 Å². The quantitative estimate of drug-likeness (QED) is 0.0963. The van der Waals surface area contributed by atoms with Gasteiger partial charge in [0, 0.05) is 29.5 Å². The van der Waals surface area contributed by atoms with Crippen molar-refractivity contribution in [1.29, 1.82) is 0 Å². The van der Waals surface area contributed by atoms with E-state index in [0.717, 1.165) is 12.1 Å². The Balaban J connectivity index is 1.90. The summed E-state index contributed by atoms with van der Waals surface area (Å²) >= 11 is 13.3. The number of halogens is 5. The molecule has 0 radical (unpaired) electrons. The Labute approximate surface area is 230 Å². The van der Waals surface area contributed by atoms with Crippen LogP contribution in [0.5, 0.6) is 0 Å². The summed E-state index contributed by atoms with van der Waals surface area (Å²) < 4.78 is 15.9. The van der Waals surface area contributed by atoms with Gasteiger partial charge in [-0.3, -0.25) is 24.5 Å². The number of rotatable bonds is 5. The first-order valence-corrected chi connectivity index (χ1v) is 12.8. The molecule has 178 valence electrons. The molecule has 0 atom stereocenters. The van der Waals surface area contributed by atoms with Gasteiger partial charge in [0.2, 0.25) is 0 Å². The molecular formula is C22H10Br4FN3O5. The second kappa shape index (κ2) is 9.88. The number of hydrazine groups is 1. The monoisotopic (exact) mass is 731 g/mol. The van der Waals surface area contributed by atoms with E-state index < -0.39 is 40.7 Å². The van der Waals surface area contributed by atoms with E-state index in [1.54, 1.807) is 0 Å². The van der Waals surface area contributed by atoms with Crippen LogP contribution in [-0.2, 0) is 6.54 Å². The molecule has 35 heavy (non-hydrogen) atoms. The van der Waals surface area contributed by atoms with E-state index in [9.17, 15) is 28.9 Å². The lowest BCUT2D eigenvalue weighted by Crippen LogP contribution is -2.49. The van der Waals surface area contributed by atoms with Crippen molar-refractivity contribution in [3.8, 4) is 0 Å². The van der Waals surface area contributed by atoms with Gasteiger partial charge in [-0.1, -0.05) is 30.3 Å². The van der Waals surface area contributed by atoms with Crippen LogP contribution < -0.4 is 0 Å². The number of nitrogens with zero attached hydrogens (tertiary/aromatic N) is 3. The normalized spacial score (nSPS) is 12.7. The van der Waals surface area contributed by atoms with E-state index in [1.807, 2.05) is 0 Å². The molecule has 0 unspecified atom stereocenters. The molecule has 1 heterocycles. The van der Waals surface area contributed by atoms with E-state index in [2.05, 4.69) is 63.7 Å². The minimum atomic E-state index is -1.03. The van der Waals surface area contributed by atoms with Crippen molar-refractivity contribution in [3.05, 3.63) is 105 Å². The summed E-state index contributed by atoms with van der Waals surface area (Å²) in [6, 6.07) is 10.6. The fourth-order valence-electron chi connectivity index (χ4n) is 3.53. The minimum Gasteiger partial charge on any atom is -0.267 e. The van der Waals surface area contributed by atoms with Gasteiger partial charge in [0.05, 0.1) is 22.6 Å². The van der Waals surface area contributed by atoms with Crippen LogP contribution in [0.2, 0.25) is 0 Å². The van der Waals surface area contributed by atoms with Crippen molar-refractivity contribution < 1.29 is 23.7 Å². The summed E-state index contributed by atoms with van der Waals surface area (Å²) in [6.07, 6.45) is 0. The largest absolute Gasteiger partial charge is 0.282 e. The molecule has 1 aliphatic heterocycles. The van der Waals surface area contributed by atoms with Crippen LogP contribution in [-0.4, -0.2) is 32.7 Å². The molecule has 0 bridgehead atoms. The number of imide groups is 1. The lowest BCUT2D eigenvalue weighted by molar-refractivity contribution is -0.385. The Morgan fingerprint density at radius 3 is 1.94 bits per heavy atom. The molecule has 13 heteroatoms. The Kier molecular flexibility index (Phi) is 7.23. The zero-order chi connectivity index (χ0) is 25.6. The van der Waals surface area contributed by atoms with Gasteiger partial charge in [-0.25, -0.2) is 9.40 Å². The summed E-state index contributed by atoms with van der Waals surface area (Å²) in [7, 11) is 0. The van der Waals surface area contributed by atoms with Crippen LogP contribution in [0.25, 0.3) is 0 Å². The Bertz CT molecular complexity index is 1400. The fraction of sp³-hybridized carbons (Fsp3) is 0.0455. The van der Waals surface area contributed by atoms with Gasteiger partial charge in [-0.2, -0.15) is 5.01 Å². The standard InChI is InChI=1S/C22H10Br4FN3O5/c23-16-14-15(17(24)19(26)18(16)25)22(33)29(21(14)32)28(9-10-5-1-3-7-12(10)27)20(31)11-6-2-4-8-13(11)30(34)35/h1-8H,9H2. The average Bonchev–Trinajstić information content (AvgIpc) is 3.10. The van der Waals surface area contributed by atoms with Crippen molar-refractivity contribution in [2.75, 3.05) is 0 Å². The van der Waals surface area contributed by atoms with E-state index >= 15 is 0 Å². The third-order valence-electron chi connectivity index (χ3n) is 5.16. The van der Waals surface area contributed by atoms with E-state index in [1.165, 1.54) is 36.4 Å². The van der Waals surface area contributed by atoms with Crippen molar-refractivity contribution in [2.24, 2.45) is 0 Å². The lowest BCUT2D eigenvalue weighted by atomic mass is 10.1. The molecule has 0 aliphatic carbocycles. The molecule has 1 aliphatic rings. The maximum atomic E-state index is 14.5. The number of carbonyl (C=O) groups excluding carboxylic acids is 3. The van der Waals surface area contributed by atoms with Crippen molar-refractivity contribution in [3.63, 3.8) is 0 Å². The molecule has 8 nitrogen and oxygen atoms in total. The molecule has 0 saturated carbocycles. The SMILES string of the molecule is O=C(c1ccccc1[N+](=O)[O-])N(Cc1ccccc1F)N1C(=O)c2c(Br)c(Br)c(Br)c(Br)c2C1=O. The highest BCUT2D eigenvalue weighted by atomic mass is 79.9. The van der Waals surface area contributed by atoms with E-state index in [-0.39, 0.29) is 31.2 Å². The third-order valence-corrected chi connectivity index (χ3v) is 9.93. The summed E-state index contributed by atoms with van der Waals surface area (Å²) in [5.74, 6) is -3.44. The lowest BCUT2D eigenvalue weighted by Gasteiger charge is -2.30. The maximum absolute atomic E-state index is 14.5. The summed E-state index contributed by atoms with van der Waals surface area (Å²) in [5, 5.41) is 12.8. The molecule has 3 amide bonds. The number of nitro groups is 1. The number of amides is 3. The van der Waals surface area contributed by atoms with Crippen molar-refractivity contribution in [1.82, 2.24) is 10.0 Å². The van der Waals surface area contributed by atoms with Crippen LogP contribution in [0.15, 0.2) is 66.4 Å². The smallest absolute Gasteiger partial charge is 0.267 e. The highest BCUT2D eigenvalue weighted by Gasteiger charge is 2.46. The van der Waals surface area contributed by atoms with Crippen LogP contribution in [0.4, 0.5) is 10.1 Å². The van der Waals surface area contributed by atoms with Gasteiger partial charge < -0.3 is 0 Å². The Hall–Kier alpha value is -2.48. The molecule has 0 fully saturated rings. The Morgan fingerprint density at radius 1 is 0.886 bits per heavy atom. The van der Waals surface area contributed by atoms with Crippen molar-refractivity contribution in [2.45, 2.75) is 6.54 Å². The van der Waals surface area contributed by atoms with Crippen molar-refractivity contribution >= 4 is 87.1 Å². The fourth-order valence-corrected chi connectivity index (χ4v) is 5.99. The molecular weight excluding hydrogens is 725 g/mol. The number of carbonyl (C=O) groups is 3. The minimum absolute atomic E-state index is 0.00326. The molecule has 0 spiro atoms. The number of nitro benzene ring substituents is 1. The first-order chi connectivity index (χ1) is 16.6. The van der Waals surface area contributed by atoms with Gasteiger partial charge in [0.25, 0.3) is 23.4 Å². The second-order valence-corrected chi connectivity index (χ2v) is 10.3. The summed E-state index contributed by atoms with van der Waals surface area (Å²) in [5.41, 5.74) is -0.973. The first kappa shape index (κ1) is 25.6. The number of hydrogen-bond donors (Lipinski definition) is 0. The van der Waals surface area contributed by atoms with E-state index in [0.29, 0.717) is 19.0 Å². The van der Waals surface area contributed by atoms with Gasteiger partial charge in [0.15, 0.2) is 0 Å². The highest BCUT2D eigenvalue weighted by molar-refractivity contribution is 9.15. The molecule has 0 aromatic heterocycles. The number of hydrogen-bond acceptors (Lipinski definition) is 5. The average molecular weight is 735 g/mol. The number of fused-ring (bicyclic) bond motifs is 1.